The standard InChI is InChI=1S/C22H26F3N3OS/c1-12-3-18(22(23,24)25)28-20(17(12)10-26)30-11-19(29)27-13(2)21-7-14-4-15(8-21)6-16(5-14)9-21/h3,13-16H,4-9,11H2,1-2H3,(H,27,29)/t13-,14?,15?,16?,21?/m0/s1. The number of carbonyl (C=O) groups is 1. The summed E-state index contributed by atoms with van der Waals surface area (Å²) >= 11 is 0.898. The van der Waals surface area contributed by atoms with E-state index >= 15 is 0 Å². The molecule has 0 unspecified atom stereocenters. The van der Waals surface area contributed by atoms with E-state index in [2.05, 4.69) is 17.2 Å². The second-order valence-electron chi connectivity index (χ2n) is 9.47. The first-order chi connectivity index (χ1) is 14.1. The van der Waals surface area contributed by atoms with Gasteiger partial charge in [-0.25, -0.2) is 4.98 Å². The Labute approximate surface area is 179 Å². The van der Waals surface area contributed by atoms with Crippen molar-refractivity contribution in [2.75, 3.05) is 5.75 Å². The van der Waals surface area contributed by atoms with Gasteiger partial charge in [0, 0.05) is 6.04 Å². The van der Waals surface area contributed by atoms with Crippen LogP contribution < -0.4 is 5.32 Å². The van der Waals surface area contributed by atoms with Crippen LogP contribution in [0.4, 0.5) is 13.2 Å². The monoisotopic (exact) mass is 437 g/mol. The molecule has 1 amide bonds. The Morgan fingerprint density at radius 2 is 1.87 bits per heavy atom. The Morgan fingerprint density at radius 3 is 2.37 bits per heavy atom. The van der Waals surface area contributed by atoms with Crippen molar-refractivity contribution in [1.82, 2.24) is 10.3 Å². The molecule has 4 aliphatic rings. The van der Waals surface area contributed by atoms with Crippen molar-refractivity contribution in [3.05, 3.63) is 22.9 Å². The molecular formula is C22H26F3N3OS. The Morgan fingerprint density at radius 1 is 1.30 bits per heavy atom. The lowest BCUT2D eigenvalue weighted by Crippen LogP contribution is -2.56. The molecule has 4 bridgehead atoms. The smallest absolute Gasteiger partial charge is 0.352 e. The number of thioether (sulfide) groups is 1. The minimum Gasteiger partial charge on any atom is -0.352 e. The molecule has 8 heteroatoms. The summed E-state index contributed by atoms with van der Waals surface area (Å²) in [6.07, 6.45) is 2.89. The van der Waals surface area contributed by atoms with Gasteiger partial charge in [-0.05, 0) is 87.2 Å². The number of hydrogen-bond donors (Lipinski definition) is 1. The van der Waals surface area contributed by atoms with Crippen LogP contribution in [0.25, 0.3) is 0 Å². The van der Waals surface area contributed by atoms with Crippen LogP contribution >= 0.6 is 11.8 Å². The van der Waals surface area contributed by atoms with Crippen LogP contribution in [0, 0.1) is 41.4 Å². The van der Waals surface area contributed by atoms with Crippen LogP contribution in [0.5, 0.6) is 0 Å². The first-order valence-corrected chi connectivity index (χ1v) is 11.5. The number of carbonyl (C=O) groups excluding carboxylic acids is 1. The number of aryl methyl sites for hydroxylation is 1. The molecule has 4 saturated carbocycles. The maximum absolute atomic E-state index is 13.1. The zero-order chi connectivity index (χ0) is 21.7. The highest BCUT2D eigenvalue weighted by Gasteiger charge is 2.53. The number of nitrogens with one attached hydrogen (secondary N) is 1. The first-order valence-electron chi connectivity index (χ1n) is 10.5. The fourth-order valence-corrected chi connectivity index (χ4v) is 7.17. The Kier molecular flexibility index (Phi) is 5.54. The first kappa shape index (κ1) is 21.5. The fraction of sp³-hybridized carbons (Fsp3) is 0.682. The number of aromatic nitrogens is 1. The third-order valence-corrected chi connectivity index (χ3v) is 8.28. The van der Waals surface area contributed by atoms with Crippen LogP contribution in [-0.4, -0.2) is 22.7 Å². The molecule has 0 saturated heterocycles. The van der Waals surface area contributed by atoms with Gasteiger partial charge in [0.05, 0.1) is 11.3 Å². The van der Waals surface area contributed by atoms with Gasteiger partial charge in [-0.1, -0.05) is 11.8 Å². The summed E-state index contributed by atoms with van der Waals surface area (Å²) < 4.78 is 39.2. The number of alkyl halides is 3. The maximum atomic E-state index is 13.1. The summed E-state index contributed by atoms with van der Waals surface area (Å²) in [5.74, 6) is 2.06. The molecule has 1 N–H and O–H groups in total. The van der Waals surface area contributed by atoms with Crippen LogP contribution in [-0.2, 0) is 11.0 Å². The molecule has 30 heavy (non-hydrogen) atoms. The van der Waals surface area contributed by atoms with Gasteiger partial charge < -0.3 is 5.32 Å². The molecule has 1 heterocycles. The van der Waals surface area contributed by atoms with Crippen molar-refractivity contribution in [1.29, 1.82) is 5.26 Å². The normalized spacial score (nSPS) is 30.7. The lowest BCUT2D eigenvalue weighted by Gasteiger charge is -2.59. The third kappa shape index (κ3) is 4.05. The van der Waals surface area contributed by atoms with Gasteiger partial charge in [-0.2, -0.15) is 18.4 Å². The number of nitriles is 1. The van der Waals surface area contributed by atoms with Crippen molar-refractivity contribution in [3.8, 4) is 6.07 Å². The van der Waals surface area contributed by atoms with E-state index in [1.165, 1.54) is 45.4 Å². The summed E-state index contributed by atoms with van der Waals surface area (Å²) in [6.45, 7) is 3.53. The molecule has 0 radical (unpaired) electrons. The predicted octanol–water partition coefficient (Wildman–Crippen LogP) is 5.09. The van der Waals surface area contributed by atoms with Gasteiger partial charge in [0.1, 0.15) is 16.8 Å². The second kappa shape index (κ2) is 7.74. The highest BCUT2D eigenvalue weighted by Crippen LogP contribution is 2.61. The fourth-order valence-electron chi connectivity index (χ4n) is 6.31. The molecule has 1 atom stereocenters. The van der Waals surface area contributed by atoms with Crippen LogP contribution in [0.15, 0.2) is 11.1 Å². The SMILES string of the molecule is Cc1cc(C(F)(F)F)nc(SCC(=O)N[C@@H](C)C23CC4CC(CC(C4)C2)C3)c1C#N. The molecule has 1 aromatic heterocycles. The number of rotatable bonds is 5. The van der Waals surface area contributed by atoms with Crippen molar-refractivity contribution in [2.45, 2.75) is 69.6 Å². The zero-order valence-electron chi connectivity index (χ0n) is 17.2. The van der Waals surface area contributed by atoms with Crippen LogP contribution in [0.3, 0.4) is 0 Å². The maximum Gasteiger partial charge on any atom is 0.433 e. The largest absolute Gasteiger partial charge is 0.433 e. The minimum atomic E-state index is -4.59. The molecule has 4 nitrogen and oxygen atoms in total. The average Bonchev–Trinajstić information content (AvgIpc) is 2.64. The van der Waals surface area contributed by atoms with Gasteiger partial charge in [-0.3, -0.25) is 4.79 Å². The molecular weight excluding hydrogens is 411 g/mol. The van der Waals surface area contributed by atoms with E-state index in [-0.39, 0.29) is 39.3 Å². The average molecular weight is 438 g/mol. The van der Waals surface area contributed by atoms with Crippen molar-refractivity contribution in [2.24, 2.45) is 23.2 Å². The molecule has 4 aliphatic carbocycles. The van der Waals surface area contributed by atoms with E-state index in [0.29, 0.717) is 0 Å². The van der Waals surface area contributed by atoms with E-state index in [1.807, 2.05) is 6.07 Å². The topological polar surface area (TPSA) is 65.8 Å². The van der Waals surface area contributed by atoms with Gasteiger partial charge in [0.25, 0.3) is 0 Å². The highest BCUT2D eigenvalue weighted by atomic mass is 32.2. The molecule has 4 fully saturated rings. The lowest BCUT2D eigenvalue weighted by molar-refractivity contribution is -0.141. The van der Waals surface area contributed by atoms with Gasteiger partial charge in [-0.15, -0.1) is 0 Å². The van der Waals surface area contributed by atoms with Crippen molar-refractivity contribution < 1.29 is 18.0 Å². The number of amides is 1. The van der Waals surface area contributed by atoms with E-state index in [1.54, 1.807) is 0 Å². The lowest BCUT2D eigenvalue weighted by atomic mass is 9.48. The zero-order valence-corrected chi connectivity index (χ0v) is 18.0. The summed E-state index contributed by atoms with van der Waals surface area (Å²) in [7, 11) is 0. The third-order valence-electron chi connectivity index (χ3n) is 7.31. The highest BCUT2D eigenvalue weighted by molar-refractivity contribution is 8.00. The number of pyridine rings is 1. The summed E-state index contributed by atoms with van der Waals surface area (Å²) in [4.78, 5) is 16.2. The van der Waals surface area contributed by atoms with E-state index in [0.717, 1.165) is 35.6 Å². The minimum absolute atomic E-state index is 0.0394. The van der Waals surface area contributed by atoms with Gasteiger partial charge in [0.2, 0.25) is 5.91 Å². The van der Waals surface area contributed by atoms with Gasteiger partial charge >= 0.3 is 6.18 Å². The van der Waals surface area contributed by atoms with Crippen LogP contribution in [0.2, 0.25) is 0 Å². The molecule has 0 spiro atoms. The quantitative estimate of drug-likeness (QED) is 0.652. The summed E-state index contributed by atoms with van der Waals surface area (Å²) in [6, 6.07) is 2.83. The number of halogens is 3. The molecule has 5 rings (SSSR count). The summed E-state index contributed by atoms with van der Waals surface area (Å²) in [5, 5.41) is 12.4. The molecule has 0 aromatic carbocycles. The molecule has 162 valence electrons. The number of nitrogens with zero attached hydrogens (tertiary/aromatic N) is 2. The summed E-state index contributed by atoms with van der Waals surface area (Å²) in [5.41, 5.74) is -0.568. The number of hydrogen-bond acceptors (Lipinski definition) is 4. The van der Waals surface area contributed by atoms with E-state index < -0.39 is 11.9 Å². The van der Waals surface area contributed by atoms with E-state index in [4.69, 9.17) is 0 Å². The van der Waals surface area contributed by atoms with Gasteiger partial charge in [0.15, 0.2) is 0 Å². The second-order valence-corrected chi connectivity index (χ2v) is 10.4. The van der Waals surface area contributed by atoms with Crippen LogP contribution in [0.1, 0.15) is 62.3 Å². The molecule has 1 aromatic rings. The van der Waals surface area contributed by atoms with E-state index in [9.17, 15) is 23.2 Å². The Hall–Kier alpha value is -1.75. The Bertz CT molecular complexity index is 858. The van der Waals surface area contributed by atoms with Crippen molar-refractivity contribution >= 4 is 17.7 Å². The Balaban J connectivity index is 1.42. The predicted molar refractivity (Wildman–Crippen MR) is 108 cm³/mol. The van der Waals surface area contributed by atoms with Crippen molar-refractivity contribution in [3.63, 3.8) is 0 Å². The molecule has 0 aliphatic heterocycles.